The zero-order chi connectivity index (χ0) is 17.9. The molecule has 0 saturated heterocycles. The Bertz CT molecular complexity index is 719. The highest BCUT2D eigenvalue weighted by Gasteiger charge is 2.44. The van der Waals surface area contributed by atoms with E-state index in [-0.39, 0.29) is 12.5 Å². The van der Waals surface area contributed by atoms with Crippen molar-refractivity contribution in [1.29, 1.82) is 0 Å². The van der Waals surface area contributed by atoms with Gasteiger partial charge in [-0.15, -0.1) is 5.10 Å². The smallest absolute Gasteiger partial charge is 0.249 e. The molecule has 0 radical (unpaired) electrons. The molecule has 1 fully saturated rings. The fraction of sp³-hybridized carbons (Fsp3) is 0.556. The molecule has 134 valence electrons. The van der Waals surface area contributed by atoms with Gasteiger partial charge in [-0.05, 0) is 42.3 Å². The molecule has 3 rings (SSSR count). The van der Waals surface area contributed by atoms with E-state index in [4.69, 9.17) is 4.74 Å². The van der Waals surface area contributed by atoms with E-state index >= 15 is 0 Å². The normalized spacial score (nSPS) is 16.6. The Morgan fingerprint density at radius 2 is 1.92 bits per heavy atom. The number of hydrogen-bond acceptors (Lipinski definition) is 5. The summed E-state index contributed by atoms with van der Waals surface area (Å²) in [6.07, 6.45) is 4.97. The highest BCUT2D eigenvalue weighted by Crippen LogP contribution is 2.41. The maximum Gasteiger partial charge on any atom is 0.249 e. The van der Waals surface area contributed by atoms with Crippen LogP contribution >= 0.6 is 0 Å². The average molecular weight is 343 g/mol. The molecular weight excluding hydrogens is 318 g/mol. The maximum atomic E-state index is 12.6. The van der Waals surface area contributed by atoms with Crippen molar-refractivity contribution in [3.63, 3.8) is 0 Å². The Morgan fingerprint density at radius 3 is 2.56 bits per heavy atom. The number of amides is 1. The van der Waals surface area contributed by atoms with E-state index in [2.05, 4.69) is 15.5 Å². The van der Waals surface area contributed by atoms with Crippen molar-refractivity contribution in [2.75, 3.05) is 20.8 Å². The number of aryl methyl sites for hydroxylation is 1. The van der Waals surface area contributed by atoms with Gasteiger partial charge in [-0.25, -0.2) is 0 Å². The molecule has 0 bridgehead atoms. The van der Waals surface area contributed by atoms with Crippen molar-refractivity contribution < 1.29 is 9.53 Å². The second-order valence-corrected chi connectivity index (χ2v) is 6.73. The molecule has 0 N–H and O–H groups in total. The number of carbonyl (C=O) groups excluding carboxylic acids is 1. The third-order valence-electron chi connectivity index (χ3n) is 5.13. The van der Waals surface area contributed by atoms with E-state index in [0.717, 1.165) is 37.2 Å². The summed E-state index contributed by atoms with van der Waals surface area (Å²) in [5, 5.41) is 12.5. The molecule has 1 heterocycles. The standard InChI is InChI=1S/C18H25N5O2/c1-14-7-9-15(10-8-14)23-17(19-20-21-23)18(11-5-4-6-12-18)22(2)16(24)13-25-3/h7-10H,4-6,11-13H2,1-3H3. The first kappa shape index (κ1) is 17.5. The van der Waals surface area contributed by atoms with Crippen molar-refractivity contribution in [2.24, 2.45) is 0 Å². The summed E-state index contributed by atoms with van der Waals surface area (Å²) in [4.78, 5) is 14.3. The van der Waals surface area contributed by atoms with Gasteiger partial charge in [0.15, 0.2) is 5.82 Å². The SMILES string of the molecule is COCC(=O)N(C)C1(c2nnnn2-c2ccc(C)cc2)CCCCC1. The maximum absolute atomic E-state index is 12.6. The van der Waals surface area contributed by atoms with Crippen LogP contribution < -0.4 is 0 Å². The van der Waals surface area contributed by atoms with Crippen LogP contribution in [0.2, 0.25) is 0 Å². The van der Waals surface area contributed by atoms with E-state index in [1.54, 1.807) is 9.58 Å². The number of tetrazole rings is 1. The lowest BCUT2D eigenvalue weighted by Crippen LogP contribution is -2.51. The molecule has 1 aliphatic carbocycles. The lowest BCUT2D eigenvalue weighted by atomic mass is 9.79. The minimum atomic E-state index is -0.498. The minimum Gasteiger partial charge on any atom is -0.375 e. The monoisotopic (exact) mass is 343 g/mol. The molecule has 0 atom stereocenters. The number of aromatic nitrogens is 4. The first-order valence-corrected chi connectivity index (χ1v) is 8.70. The zero-order valence-electron chi connectivity index (χ0n) is 15.1. The van der Waals surface area contributed by atoms with E-state index < -0.39 is 5.54 Å². The van der Waals surface area contributed by atoms with Crippen molar-refractivity contribution >= 4 is 5.91 Å². The van der Waals surface area contributed by atoms with Gasteiger partial charge < -0.3 is 9.64 Å². The third-order valence-corrected chi connectivity index (χ3v) is 5.13. The molecule has 0 aliphatic heterocycles. The largest absolute Gasteiger partial charge is 0.375 e. The summed E-state index contributed by atoms with van der Waals surface area (Å²) in [6, 6.07) is 8.08. The number of rotatable bonds is 5. The Kier molecular flexibility index (Phi) is 5.13. The molecule has 25 heavy (non-hydrogen) atoms. The van der Waals surface area contributed by atoms with Crippen LogP contribution in [0.15, 0.2) is 24.3 Å². The summed E-state index contributed by atoms with van der Waals surface area (Å²) in [7, 11) is 3.37. The van der Waals surface area contributed by atoms with Gasteiger partial charge in [0.05, 0.1) is 5.69 Å². The Morgan fingerprint density at radius 1 is 1.24 bits per heavy atom. The second-order valence-electron chi connectivity index (χ2n) is 6.73. The fourth-order valence-corrected chi connectivity index (χ4v) is 3.64. The van der Waals surface area contributed by atoms with Crippen LogP contribution in [0.3, 0.4) is 0 Å². The molecular formula is C18H25N5O2. The third kappa shape index (κ3) is 3.28. The van der Waals surface area contributed by atoms with Crippen molar-refractivity contribution in [3.05, 3.63) is 35.7 Å². The van der Waals surface area contributed by atoms with Crippen LogP contribution in [0.25, 0.3) is 5.69 Å². The number of likely N-dealkylation sites (N-methyl/N-ethyl adjacent to an activating group) is 1. The summed E-state index contributed by atoms with van der Waals surface area (Å²) in [5.74, 6) is 0.672. The predicted octanol–water partition coefficient (Wildman–Crippen LogP) is 2.23. The van der Waals surface area contributed by atoms with Gasteiger partial charge in [0.1, 0.15) is 12.1 Å². The number of methoxy groups -OCH3 is 1. The van der Waals surface area contributed by atoms with Crippen molar-refractivity contribution in [3.8, 4) is 5.69 Å². The van der Waals surface area contributed by atoms with Crippen LogP contribution in [0.4, 0.5) is 0 Å². The van der Waals surface area contributed by atoms with Gasteiger partial charge >= 0.3 is 0 Å². The molecule has 1 aromatic carbocycles. The van der Waals surface area contributed by atoms with Crippen LogP contribution in [0.1, 0.15) is 43.5 Å². The van der Waals surface area contributed by atoms with Crippen LogP contribution in [-0.4, -0.2) is 51.8 Å². The van der Waals surface area contributed by atoms with E-state index in [9.17, 15) is 4.79 Å². The molecule has 1 aromatic heterocycles. The number of benzene rings is 1. The van der Waals surface area contributed by atoms with Gasteiger partial charge in [-0.1, -0.05) is 37.0 Å². The molecule has 1 aliphatic rings. The molecule has 2 aromatic rings. The quantitative estimate of drug-likeness (QED) is 0.832. The first-order chi connectivity index (χ1) is 12.1. The number of nitrogens with zero attached hydrogens (tertiary/aromatic N) is 5. The lowest BCUT2D eigenvalue weighted by molar-refractivity contribution is -0.142. The molecule has 1 amide bonds. The van der Waals surface area contributed by atoms with E-state index in [1.807, 2.05) is 38.2 Å². The minimum absolute atomic E-state index is 0.0529. The molecule has 1 saturated carbocycles. The van der Waals surface area contributed by atoms with E-state index in [1.165, 1.54) is 19.1 Å². The highest BCUT2D eigenvalue weighted by atomic mass is 16.5. The Balaban J connectivity index is 2.05. The molecule has 7 nitrogen and oxygen atoms in total. The number of hydrogen-bond donors (Lipinski definition) is 0. The van der Waals surface area contributed by atoms with Gasteiger partial charge in [0.2, 0.25) is 5.91 Å². The van der Waals surface area contributed by atoms with Crippen molar-refractivity contribution in [2.45, 2.75) is 44.6 Å². The van der Waals surface area contributed by atoms with Gasteiger partial charge in [0, 0.05) is 14.2 Å². The van der Waals surface area contributed by atoms with E-state index in [0.29, 0.717) is 0 Å². The van der Waals surface area contributed by atoms with Crippen LogP contribution in [-0.2, 0) is 15.1 Å². The second kappa shape index (κ2) is 7.31. The van der Waals surface area contributed by atoms with Gasteiger partial charge in [-0.3, -0.25) is 4.79 Å². The fourth-order valence-electron chi connectivity index (χ4n) is 3.64. The predicted molar refractivity (Wildman–Crippen MR) is 93.3 cm³/mol. The highest BCUT2D eigenvalue weighted by molar-refractivity contribution is 5.78. The lowest BCUT2D eigenvalue weighted by Gasteiger charge is -2.43. The van der Waals surface area contributed by atoms with Gasteiger partial charge in [-0.2, -0.15) is 4.68 Å². The summed E-state index contributed by atoms with van der Waals surface area (Å²) in [6.45, 7) is 2.11. The Hall–Kier alpha value is -2.28. The zero-order valence-corrected chi connectivity index (χ0v) is 15.1. The summed E-state index contributed by atoms with van der Waals surface area (Å²) >= 11 is 0. The Labute approximate surface area is 148 Å². The number of carbonyl (C=O) groups is 1. The number of ether oxygens (including phenoxy) is 1. The van der Waals surface area contributed by atoms with Crippen LogP contribution in [0.5, 0.6) is 0 Å². The van der Waals surface area contributed by atoms with Crippen LogP contribution in [0, 0.1) is 6.92 Å². The molecule has 0 unspecified atom stereocenters. The summed E-state index contributed by atoms with van der Waals surface area (Å²) in [5.41, 5.74) is 1.59. The molecule has 7 heteroatoms. The first-order valence-electron chi connectivity index (χ1n) is 8.70. The van der Waals surface area contributed by atoms with Crippen molar-refractivity contribution in [1.82, 2.24) is 25.1 Å². The van der Waals surface area contributed by atoms with Gasteiger partial charge in [0.25, 0.3) is 0 Å². The molecule has 0 spiro atoms. The average Bonchev–Trinajstić information content (AvgIpc) is 3.13. The topological polar surface area (TPSA) is 73.1 Å². The summed E-state index contributed by atoms with van der Waals surface area (Å²) < 4.78 is 6.82.